The molecule has 0 saturated heterocycles. The molecule has 0 spiro atoms. The maximum atomic E-state index is 10.5. The second-order valence-electron chi connectivity index (χ2n) is 2.89. The summed E-state index contributed by atoms with van der Waals surface area (Å²) >= 11 is 0. The average Bonchev–Trinajstić information content (AvgIpc) is 2.66. The Labute approximate surface area is 84.6 Å². The van der Waals surface area contributed by atoms with Crippen LogP contribution in [-0.2, 0) is 0 Å². The lowest BCUT2D eigenvalue weighted by atomic mass is 10.3. The first kappa shape index (κ1) is 9.32. The van der Waals surface area contributed by atoms with Crippen LogP contribution in [0.25, 0.3) is 11.5 Å². The van der Waals surface area contributed by atoms with Gasteiger partial charge in [-0.1, -0.05) is 11.2 Å². The highest BCUT2D eigenvalue weighted by molar-refractivity contribution is 5.82. The van der Waals surface area contributed by atoms with Crippen LogP contribution in [0.2, 0.25) is 0 Å². The van der Waals surface area contributed by atoms with E-state index in [0.29, 0.717) is 5.69 Å². The van der Waals surface area contributed by atoms with E-state index in [1.54, 1.807) is 12.1 Å². The number of aromatic carboxylic acids is 1. The van der Waals surface area contributed by atoms with E-state index in [1.165, 1.54) is 0 Å². The molecule has 0 aromatic carbocycles. The van der Waals surface area contributed by atoms with Gasteiger partial charge in [0.25, 0.3) is 0 Å². The lowest BCUT2D eigenvalue weighted by Gasteiger charge is -1.93. The Morgan fingerprint density at radius 2 is 2.20 bits per heavy atom. The fourth-order valence-corrected chi connectivity index (χ4v) is 1.08. The molecule has 2 heterocycles. The van der Waals surface area contributed by atoms with Crippen LogP contribution in [0.1, 0.15) is 16.4 Å². The minimum atomic E-state index is -1.25. The fraction of sp³-hybridized carbons (Fsp3) is 0.111. The number of pyridine rings is 1. The molecule has 2 aromatic rings. The van der Waals surface area contributed by atoms with Crippen molar-refractivity contribution >= 4 is 5.97 Å². The molecule has 2 aromatic heterocycles. The van der Waals surface area contributed by atoms with Gasteiger partial charge in [-0.25, -0.2) is 9.78 Å². The topological polar surface area (TPSA) is 89.1 Å². The molecular weight excluding hydrogens is 198 g/mol. The smallest absolute Gasteiger partial charge is 0.394 e. The van der Waals surface area contributed by atoms with E-state index in [-0.39, 0.29) is 5.82 Å². The Morgan fingerprint density at radius 3 is 2.80 bits per heavy atom. The monoisotopic (exact) mass is 205 g/mol. The highest BCUT2D eigenvalue weighted by atomic mass is 16.5. The van der Waals surface area contributed by atoms with Crippen LogP contribution < -0.4 is 0 Å². The summed E-state index contributed by atoms with van der Waals surface area (Å²) in [5.41, 5.74) is 1.29. The van der Waals surface area contributed by atoms with Gasteiger partial charge in [-0.15, -0.1) is 0 Å². The van der Waals surface area contributed by atoms with Crippen molar-refractivity contribution in [1.82, 2.24) is 15.1 Å². The van der Waals surface area contributed by atoms with E-state index in [4.69, 9.17) is 5.11 Å². The van der Waals surface area contributed by atoms with Crippen LogP contribution in [0.3, 0.4) is 0 Å². The van der Waals surface area contributed by atoms with Crippen molar-refractivity contribution in [2.75, 3.05) is 0 Å². The molecule has 0 aliphatic heterocycles. The van der Waals surface area contributed by atoms with E-state index in [2.05, 4.69) is 19.6 Å². The molecule has 2 rings (SSSR count). The molecule has 1 N–H and O–H groups in total. The fourth-order valence-electron chi connectivity index (χ4n) is 1.08. The van der Waals surface area contributed by atoms with Gasteiger partial charge in [0.2, 0.25) is 5.82 Å². The molecule has 0 saturated carbocycles. The van der Waals surface area contributed by atoms with Gasteiger partial charge in [0, 0.05) is 5.69 Å². The zero-order valence-corrected chi connectivity index (χ0v) is 7.84. The number of hydrogen-bond acceptors (Lipinski definition) is 5. The largest absolute Gasteiger partial charge is 0.474 e. The average molecular weight is 205 g/mol. The van der Waals surface area contributed by atoms with Gasteiger partial charge in [-0.2, -0.15) is 4.98 Å². The van der Waals surface area contributed by atoms with Crippen molar-refractivity contribution in [2.45, 2.75) is 6.92 Å². The second-order valence-corrected chi connectivity index (χ2v) is 2.89. The zero-order valence-electron chi connectivity index (χ0n) is 7.84. The summed E-state index contributed by atoms with van der Waals surface area (Å²) in [5.74, 6) is -1.51. The molecule has 0 atom stereocenters. The van der Waals surface area contributed by atoms with Gasteiger partial charge < -0.3 is 9.63 Å². The van der Waals surface area contributed by atoms with Gasteiger partial charge in [-0.05, 0) is 19.1 Å². The van der Waals surface area contributed by atoms with Crippen molar-refractivity contribution in [1.29, 1.82) is 0 Å². The highest BCUT2D eigenvalue weighted by Crippen LogP contribution is 2.12. The Morgan fingerprint density at radius 1 is 1.40 bits per heavy atom. The normalized spacial score (nSPS) is 10.2. The van der Waals surface area contributed by atoms with Crippen molar-refractivity contribution < 1.29 is 14.4 Å². The third-order valence-corrected chi connectivity index (χ3v) is 1.73. The highest BCUT2D eigenvalue weighted by Gasteiger charge is 2.14. The Balaban J connectivity index is 2.41. The summed E-state index contributed by atoms with van der Waals surface area (Å²) in [5, 5.41) is 12.1. The maximum Gasteiger partial charge on any atom is 0.394 e. The first-order valence-electron chi connectivity index (χ1n) is 4.18. The van der Waals surface area contributed by atoms with Crippen molar-refractivity contribution in [3.8, 4) is 11.5 Å². The summed E-state index contributed by atoms with van der Waals surface area (Å²) in [6.07, 6.45) is 0. The Bertz CT molecular complexity index is 507. The molecular formula is C9H7N3O3. The van der Waals surface area contributed by atoms with Crippen LogP contribution in [0.15, 0.2) is 22.7 Å². The third-order valence-electron chi connectivity index (χ3n) is 1.73. The van der Waals surface area contributed by atoms with Gasteiger partial charge in [0.15, 0.2) is 0 Å². The van der Waals surface area contributed by atoms with Crippen LogP contribution in [0, 0.1) is 6.92 Å². The molecule has 6 nitrogen and oxygen atoms in total. The number of carbonyl (C=O) groups is 1. The standard InChI is InChI=1S/C9H7N3O3/c1-5-3-2-4-6(10-5)7-11-8(9(13)14)15-12-7/h2-4H,1H3,(H,13,14). The first-order valence-corrected chi connectivity index (χ1v) is 4.18. The number of rotatable bonds is 2. The number of nitrogens with zero attached hydrogens (tertiary/aromatic N) is 3. The predicted octanol–water partition coefficient (Wildman–Crippen LogP) is 1.14. The van der Waals surface area contributed by atoms with Crippen molar-refractivity contribution in [3.05, 3.63) is 29.8 Å². The van der Waals surface area contributed by atoms with Gasteiger partial charge in [0.1, 0.15) is 5.69 Å². The number of aromatic nitrogens is 3. The van der Waals surface area contributed by atoms with Crippen molar-refractivity contribution in [3.63, 3.8) is 0 Å². The minimum Gasteiger partial charge on any atom is -0.474 e. The Hall–Kier alpha value is -2.24. The SMILES string of the molecule is Cc1cccc(-c2noc(C(=O)O)n2)n1. The van der Waals surface area contributed by atoms with E-state index in [0.717, 1.165) is 5.69 Å². The molecule has 0 bridgehead atoms. The molecule has 0 aliphatic carbocycles. The van der Waals surface area contributed by atoms with Crippen molar-refractivity contribution in [2.24, 2.45) is 0 Å². The summed E-state index contributed by atoms with van der Waals surface area (Å²) in [4.78, 5) is 18.3. The lowest BCUT2D eigenvalue weighted by molar-refractivity contribution is 0.0643. The number of aryl methyl sites for hydroxylation is 1. The summed E-state index contributed by atoms with van der Waals surface area (Å²) in [6.45, 7) is 1.82. The van der Waals surface area contributed by atoms with Gasteiger partial charge >= 0.3 is 11.9 Å². The summed E-state index contributed by atoms with van der Waals surface area (Å²) in [7, 11) is 0. The molecule has 15 heavy (non-hydrogen) atoms. The molecule has 0 amide bonds. The van der Waals surface area contributed by atoms with Crippen LogP contribution in [-0.4, -0.2) is 26.2 Å². The zero-order chi connectivity index (χ0) is 10.8. The van der Waals surface area contributed by atoms with Gasteiger partial charge in [-0.3, -0.25) is 0 Å². The number of hydrogen-bond donors (Lipinski definition) is 1. The quantitative estimate of drug-likeness (QED) is 0.790. The van der Waals surface area contributed by atoms with Gasteiger partial charge in [0.05, 0.1) is 0 Å². The molecule has 0 aliphatic rings. The van der Waals surface area contributed by atoms with Crippen LogP contribution in [0.5, 0.6) is 0 Å². The van der Waals surface area contributed by atoms with E-state index >= 15 is 0 Å². The predicted molar refractivity (Wildman–Crippen MR) is 49.2 cm³/mol. The van der Waals surface area contributed by atoms with E-state index < -0.39 is 11.9 Å². The number of carboxylic acid groups (broad SMARTS) is 1. The summed E-state index contributed by atoms with van der Waals surface area (Å²) in [6, 6.07) is 5.29. The molecule has 6 heteroatoms. The third kappa shape index (κ3) is 1.83. The molecule has 0 fully saturated rings. The molecule has 0 unspecified atom stereocenters. The molecule has 76 valence electrons. The molecule has 0 radical (unpaired) electrons. The minimum absolute atomic E-state index is 0.177. The second kappa shape index (κ2) is 3.49. The van der Waals surface area contributed by atoms with Crippen LogP contribution >= 0.6 is 0 Å². The maximum absolute atomic E-state index is 10.5. The van der Waals surface area contributed by atoms with E-state index in [9.17, 15) is 4.79 Å². The van der Waals surface area contributed by atoms with E-state index in [1.807, 2.05) is 13.0 Å². The number of carboxylic acids is 1. The van der Waals surface area contributed by atoms with Crippen LogP contribution in [0.4, 0.5) is 0 Å². The summed E-state index contributed by atoms with van der Waals surface area (Å²) < 4.78 is 4.52. The first-order chi connectivity index (χ1) is 7.16. The Kier molecular flexibility index (Phi) is 2.17. The lowest BCUT2D eigenvalue weighted by Crippen LogP contribution is -1.96.